The number of hydrogen-bond acceptors (Lipinski definition) is 4. The van der Waals surface area contributed by atoms with Gasteiger partial charge in [0.05, 0.1) is 0 Å². The normalized spacial score (nSPS) is 15.8. The van der Waals surface area contributed by atoms with E-state index < -0.39 is 0 Å². The van der Waals surface area contributed by atoms with E-state index in [1.807, 2.05) is 11.0 Å². The lowest BCUT2D eigenvalue weighted by molar-refractivity contribution is -0.692. The maximum Gasteiger partial charge on any atom is 0.277 e. The number of amides is 1. The summed E-state index contributed by atoms with van der Waals surface area (Å²) in [6.07, 6.45) is 3.52. The molecule has 1 aliphatic rings. The Hall–Kier alpha value is -2.47. The van der Waals surface area contributed by atoms with Gasteiger partial charge in [-0.1, -0.05) is 52.0 Å². The molecular weight excluding hydrogens is 362 g/mol. The van der Waals surface area contributed by atoms with Gasteiger partial charge in [-0.25, -0.2) is 9.97 Å². The molecule has 1 fully saturated rings. The fourth-order valence-electron chi connectivity index (χ4n) is 3.86. The molecule has 0 spiro atoms. The maximum absolute atomic E-state index is 12.8. The number of benzene rings is 1. The van der Waals surface area contributed by atoms with Gasteiger partial charge in [-0.05, 0) is 17.5 Å². The molecule has 1 aliphatic heterocycles. The first-order valence-electron chi connectivity index (χ1n) is 10.7. The van der Waals surface area contributed by atoms with Crippen LogP contribution < -0.4 is 10.2 Å². The van der Waals surface area contributed by atoms with Crippen LogP contribution in [0.2, 0.25) is 0 Å². The molecule has 6 nitrogen and oxygen atoms in total. The summed E-state index contributed by atoms with van der Waals surface area (Å²) < 4.78 is 0. The average Bonchev–Trinajstić information content (AvgIpc) is 2.74. The number of quaternary nitrogens is 1. The van der Waals surface area contributed by atoms with Gasteiger partial charge in [0.1, 0.15) is 6.04 Å². The second kappa shape index (κ2) is 9.83. The number of rotatable bonds is 7. The second-order valence-corrected chi connectivity index (χ2v) is 8.45. The zero-order valence-corrected chi connectivity index (χ0v) is 18.1. The zero-order valence-electron chi connectivity index (χ0n) is 18.1. The molecule has 156 valence electrons. The van der Waals surface area contributed by atoms with Crippen molar-refractivity contribution in [2.75, 3.05) is 37.6 Å². The molecule has 1 atom stereocenters. The molecule has 1 saturated heterocycles. The molecule has 2 N–H and O–H groups in total. The largest absolute Gasteiger partial charge is 0.337 e. The number of carbonyl (C=O) groups excluding carboxylic acids is 1. The number of anilines is 1. The van der Waals surface area contributed by atoms with Crippen LogP contribution in [0.4, 0.5) is 5.95 Å². The van der Waals surface area contributed by atoms with E-state index in [0.717, 1.165) is 32.1 Å². The molecule has 0 saturated carbocycles. The summed E-state index contributed by atoms with van der Waals surface area (Å²) in [5.74, 6) is 1.95. The van der Waals surface area contributed by atoms with Gasteiger partial charge in [0.2, 0.25) is 5.95 Å². The van der Waals surface area contributed by atoms with E-state index >= 15 is 0 Å². The predicted molar refractivity (Wildman–Crippen MR) is 116 cm³/mol. The molecular formula is C23H34N5O+. The maximum atomic E-state index is 12.8. The summed E-state index contributed by atoms with van der Waals surface area (Å²) in [5, 5.41) is 2.20. The number of nitrogens with zero attached hydrogens (tertiary/aromatic N) is 4. The minimum Gasteiger partial charge on any atom is -0.337 e. The lowest BCUT2D eigenvalue weighted by atomic mass is 9.93. The number of carbonyl (C=O) groups is 1. The van der Waals surface area contributed by atoms with E-state index in [4.69, 9.17) is 0 Å². The number of nitrogens with two attached hydrogens (primary N) is 1. The van der Waals surface area contributed by atoms with E-state index in [-0.39, 0.29) is 5.91 Å². The highest BCUT2D eigenvalue weighted by molar-refractivity contribution is 5.77. The number of piperazine rings is 1. The van der Waals surface area contributed by atoms with Crippen LogP contribution in [0.3, 0.4) is 0 Å². The molecule has 2 heterocycles. The Morgan fingerprint density at radius 1 is 0.966 bits per heavy atom. The van der Waals surface area contributed by atoms with Crippen molar-refractivity contribution in [3.63, 3.8) is 0 Å². The van der Waals surface area contributed by atoms with Gasteiger partial charge in [0.25, 0.3) is 5.91 Å². The van der Waals surface area contributed by atoms with E-state index in [0.29, 0.717) is 24.4 Å². The van der Waals surface area contributed by atoms with Crippen molar-refractivity contribution in [2.45, 2.75) is 39.7 Å². The molecule has 1 aromatic carbocycles. The topological polar surface area (TPSA) is 65.9 Å². The van der Waals surface area contributed by atoms with Crippen LogP contribution in [0.1, 0.15) is 50.8 Å². The van der Waals surface area contributed by atoms with Crippen LogP contribution in [-0.4, -0.2) is 53.5 Å². The number of hydrogen-bond donors (Lipinski definition) is 1. The van der Waals surface area contributed by atoms with Gasteiger partial charge in [-0.15, -0.1) is 0 Å². The van der Waals surface area contributed by atoms with Gasteiger partial charge in [0, 0.05) is 50.1 Å². The van der Waals surface area contributed by atoms with Crippen molar-refractivity contribution in [1.29, 1.82) is 0 Å². The third-order valence-electron chi connectivity index (χ3n) is 5.72. The van der Waals surface area contributed by atoms with Crippen LogP contribution in [0.25, 0.3) is 0 Å². The molecule has 0 unspecified atom stereocenters. The lowest BCUT2D eigenvalue weighted by Gasteiger charge is -2.34. The van der Waals surface area contributed by atoms with Crippen LogP contribution >= 0.6 is 0 Å². The van der Waals surface area contributed by atoms with Crippen molar-refractivity contribution in [1.82, 2.24) is 14.9 Å². The van der Waals surface area contributed by atoms with Gasteiger partial charge in [-0.2, -0.15) is 0 Å². The molecule has 2 aromatic rings. The van der Waals surface area contributed by atoms with E-state index in [1.54, 1.807) is 12.4 Å². The quantitative estimate of drug-likeness (QED) is 0.779. The Labute approximate surface area is 174 Å². The van der Waals surface area contributed by atoms with Gasteiger partial charge < -0.3 is 15.1 Å². The Morgan fingerprint density at radius 3 is 2.10 bits per heavy atom. The molecule has 0 bridgehead atoms. The third-order valence-corrected chi connectivity index (χ3v) is 5.72. The average molecular weight is 397 g/mol. The molecule has 1 aromatic heterocycles. The first kappa shape index (κ1) is 21.2. The summed E-state index contributed by atoms with van der Waals surface area (Å²) in [7, 11) is 0. The van der Waals surface area contributed by atoms with E-state index in [1.165, 1.54) is 11.1 Å². The van der Waals surface area contributed by atoms with Crippen molar-refractivity contribution in [3.8, 4) is 0 Å². The predicted octanol–water partition coefficient (Wildman–Crippen LogP) is 2.21. The highest BCUT2D eigenvalue weighted by Crippen LogP contribution is 2.21. The standard InChI is InChI=1S/C23H33N5O/c1-17(2)19-6-8-20(9-7-19)22(18(3)4)26-16-21(29)27-12-14-28(15-13-27)23-24-10-5-11-25-23/h5-11,17-18,22,26H,12-16H2,1-4H3/p+1/t22-/m0/s1. The summed E-state index contributed by atoms with van der Waals surface area (Å²) in [6, 6.07) is 11.0. The van der Waals surface area contributed by atoms with Crippen molar-refractivity contribution >= 4 is 11.9 Å². The van der Waals surface area contributed by atoms with Crippen LogP contribution in [0, 0.1) is 5.92 Å². The van der Waals surface area contributed by atoms with Gasteiger partial charge in [-0.3, -0.25) is 4.79 Å². The zero-order chi connectivity index (χ0) is 20.8. The lowest BCUT2D eigenvalue weighted by Crippen LogP contribution is -2.88. The van der Waals surface area contributed by atoms with E-state index in [9.17, 15) is 4.79 Å². The summed E-state index contributed by atoms with van der Waals surface area (Å²) in [4.78, 5) is 25.5. The monoisotopic (exact) mass is 396 g/mol. The summed E-state index contributed by atoms with van der Waals surface area (Å²) in [5.41, 5.74) is 2.65. The van der Waals surface area contributed by atoms with Gasteiger partial charge in [0.15, 0.2) is 6.54 Å². The van der Waals surface area contributed by atoms with Gasteiger partial charge >= 0.3 is 0 Å². The van der Waals surface area contributed by atoms with Crippen molar-refractivity contribution in [2.24, 2.45) is 5.92 Å². The highest BCUT2D eigenvalue weighted by atomic mass is 16.2. The first-order chi connectivity index (χ1) is 14.0. The molecule has 1 amide bonds. The Balaban J connectivity index is 1.53. The molecule has 0 radical (unpaired) electrons. The third kappa shape index (κ3) is 5.54. The fourth-order valence-corrected chi connectivity index (χ4v) is 3.86. The second-order valence-electron chi connectivity index (χ2n) is 8.45. The van der Waals surface area contributed by atoms with Crippen molar-refractivity contribution < 1.29 is 10.1 Å². The molecule has 0 aliphatic carbocycles. The van der Waals surface area contributed by atoms with E-state index in [2.05, 4.69) is 72.1 Å². The molecule has 3 rings (SSSR count). The minimum atomic E-state index is 0.211. The molecule has 29 heavy (non-hydrogen) atoms. The highest BCUT2D eigenvalue weighted by Gasteiger charge is 2.26. The SMILES string of the molecule is CC(C)c1ccc([C@@H]([NH2+]CC(=O)N2CCN(c3ncccn3)CC2)C(C)C)cc1. The van der Waals surface area contributed by atoms with Crippen LogP contribution in [0.15, 0.2) is 42.7 Å². The molecule has 6 heteroatoms. The van der Waals surface area contributed by atoms with Crippen LogP contribution in [0.5, 0.6) is 0 Å². The minimum absolute atomic E-state index is 0.211. The smallest absolute Gasteiger partial charge is 0.277 e. The Morgan fingerprint density at radius 2 is 1.55 bits per heavy atom. The Bertz CT molecular complexity index is 768. The Kier molecular flexibility index (Phi) is 7.20. The summed E-state index contributed by atoms with van der Waals surface area (Å²) >= 11 is 0. The first-order valence-corrected chi connectivity index (χ1v) is 10.7. The fraction of sp³-hybridized carbons (Fsp3) is 0.522. The van der Waals surface area contributed by atoms with Crippen LogP contribution in [-0.2, 0) is 4.79 Å². The number of aromatic nitrogens is 2. The summed E-state index contributed by atoms with van der Waals surface area (Å²) in [6.45, 7) is 12.4. The van der Waals surface area contributed by atoms with Crippen molar-refractivity contribution in [3.05, 3.63) is 53.9 Å².